The van der Waals surface area contributed by atoms with Crippen LogP contribution >= 0.6 is 0 Å². The van der Waals surface area contributed by atoms with Gasteiger partial charge in [0.25, 0.3) is 0 Å². The van der Waals surface area contributed by atoms with Crippen molar-refractivity contribution in [2.24, 2.45) is 5.92 Å². The Hall–Kier alpha value is -0.620. The Morgan fingerprint density at radius 2 is 1.92 bits per heavy atom. The van der Waals surface area contributed by atoms with E-state index in [0.717, 1.165) is 6.26 Å². The number of hydrogen-bond donors (Lipinski definition) is 1. The van der Waals surface area contributed by atoms with Crippen molar-refractivity contribution < 1.29 is 18.3 Å². The molecule has 0 aliphatic heterocycles. The summed E-state index contributed by atoms with van der Waals surface area (Å²) in [5.74, 6) is -1.20. The van der Waals surface area contributed by atoms with Crippen LogP contribution in [0.15, 0.2) is 0 Å². The highest BCUT2D eigenvalue weighted by molar-refractivity contribution is 7.88. The molecule has 0 aromatic heterocycles. The molecule has 1 saturated carbocycles. The maximum Gasteiger partial charge on any atom is 0.306 e. The van der Waals surface area contributed by atoms with Gasteiger partial charge >= 0.3 is 5.97 Å². The van der Waals surface area contributed by atoms with Crippen molar-refractivity contribution >= 4 is 16.0 Å². The van der Waals surface area contributed by atoms with Gasteiger partial charge in [0.05, 0.1) is 12.2 Å². The molecule has 0 amide bonds. The number of aliphatic carboxylic acids is 1. The van der Waals surface area contributed by atoms with Crippen LogP contribution in [0.5, 0.6) is 0 Å². The van der Waals surface area contributed by atoms with Crippen molar-refractivity contribution in [2.75, 3.05) is 13.3 Å². The Kier molecular flexibility index (Phi) is 2.63. The third-order valence-corrected chi connectivity index (χ3v) is 3.84. The fraction of sp³-hybridized carbons (Fsp3) is 0.857. The van der Waals surface area contributed by atoms with E-state index in [1.165, 1.54) is 11.4 Å². The summed E-state index contributed by atoms with van der Waals surface area (Å²) in [6.45, 7) is 0. The SMILES string of the molecule is CN(C1CC(C(=O)O)C1)S(C)(=O)=O. The van der Waals surface area contributed by atoms with E-state index in [0.29, 0.717) is 12.8 Å². The first-order chi connectivity index (χ1) is 5.82. The summed E-state index contributed by atoms with van der Waals surface area (Å²) in [6, 6.07) is -0.129. The Bertz CT molecular complexity index is 304. The highest BCUT2D eigenvalue weighted by Crippen LogP contribution is 2.32. The minimum Gasteiger partial charge on any atom is -0.481 e. The molecule has 1 aliphatic rings. The molecule has 0 bridgehead atoms. The number of hydrogen-bond acceptors (Lipinski definition) is 3. The molecule has 0 aromatic rings. The Labute approximate surface area is 77.4 Å². The van der Waals surface area contributed by atoms with Crippen LogP contribution < -0.4 is 0 Å². The molecule has 1 aliphatic carbocycles. The predicted molar refractivity (Wildman–Crippen MR) is 46.8 cm³/mol. The van der Waals surface area contributed by atoms with Crippen molar-refractivity contribution in [3.63, 3.8) is 0 Å². The van der Waals surface area contributed by atoms with Gasteiger partial charge in [-0.25, -0.2) is 12.7 Å². The molecule has 76 valence electrons. The maximum absolute atomic E-state index is 11.0. The first-order valence-corrected chi connectivity index (χ1v) is 5.83. The lowest BCUT2D eigenvalue weighted by atomic mass is 9.80. The molecule has 6 heteroatoms. The number of rotatable bonds is 3. The normalized spacial score (nSPS) is 28.5. The lowest BCUT2D eigenvalue weighted by Gasteiger charge is -2.37. The van der Waals surface area contributed by atoms with E-state index in [1.807, 2.05) is 0 Å². The van der Waals surface area contributed by atoms with Crippen molar-refractivity contribution in [2.45, 2.75) is 18.9 Å². The summed E-state index contributed by atoms with van der Waals surface area (Å²) in [5.41, 5.74) is 0. The third kappa shape index (κ3) is 2.19. The lowest BCUT2D eigenvalue weighted by Crippen LogP contribution is -2.47. The zero-order valence-corrected chi connectivity index (χ0v) is 8.41. The minimum atomic E-state index is -3.17. The van der Waals surface area contributed by atoms with Crippen molar-refractivity contribution in [1.29, 1.82) is 0 Å². The average Bonchev–Trinajstić information content (AvgIpc) is 1.80. The van der Waals surface area contributed by atoms with Gasteiger partial charge in [0.2, 0.25) is 10.0 Å². The number of carbonyl (C=O) groups is 1. The van der Waals surface area contributed by atoms with Crippen LogP contribution in [0, 0.1) is 5.92 Å². The number of nitrogens with zero attached hydrogens (tertiary/aromatic N) is 1. The highest BCUT2D eigenvalue weighted by atomic mass is 32.2. The standard InChI is InChI=1S/C7H13NO4S/c1-8(13(2,11)12)6-3-5(4-6)7(9)10/h5-6H,3-4H2,1-2H3,(H,9,10). The molecule has 0 unspecified atom stereocenters. The summed E-state index contributed by atoms with van der Waals surface area (Å²) in [7, 11) is -1.69. The molecule has 13 heavy (non-hydrogen) atoms. The van der Waals surface area contributed by atoms with Crippen LogP contribution in [0.4, 0.5) is 0 Å². The molecule has 0 radical (unpaired) electrons. The van der Waals surface area contributed by atoms with E-state index in [1.54, 1.807) is 0 Å². The van der Waals surface area contributed by atoms with Crippen LogP contribution in [-0.4, -0.2) is 43.1 Å². The molecule has 1 N–H and O–H groups in total. The van der Waals surface area contributed by atoms with Gasteiger partial charge < -0.3 is 5.11 Å². The van der Waals surface area contributed by atoms with Gasteiger partial charge in [-0.15, -0.1) is 0 Å². The van der Waals surface area contributed by atoms with E-state index < -0.39 is 16.0 Å². The zero-order valence-electron chi connectivity index (χ0n) is 7.60. The fourth-order valence-electron chi connectivity index (χ4n) is 1.36. The zero-order chi connectivity index (χ0) is 10.2. The predicted octanol–water partition coefficient (Wildman–Crippen LogP) is -0.259. The van der Waals surface area contributed by atoms with Crippen LogP contribution in [0.1, 0.15) is 12.8 Å². The second kappa shape index (κ2) is 3.26. The summed E-state index contributed by atoms with van der Waals surface area (Å²) < 4.78 is 23.3. The van der Waals surface area contributed by atoms with Crippen LogP contribution in [-0.2, 0) is 14.8 Å². The molecule has 0 heterocycles. The Balaban J connectivity index is 2.49. The maximum atomic E-state index is 11.0. The second-order valence-corrected chi connectivity index (χ2v) is 5.48. The molecule has 0 aromatic carbocycles. The Morgan fingerprint density at radius 3 is 2.23 bits per heavy atom. The highest BCUT2D eigenvalue weighted by Gasteiger charge is 2.39. The third-order valence-electron chi connectivity index (χ3n) is 2.50. The molecule has 0 saturated heterocycles. The van der Waals surface area contributed by atoms with Crippen LogP contribution in [0.25, 0.3) is 0 Å². The number of carboxylic acids is 1. The van der Waals surface area contributed by atoms with Crippen molar-refractivity contribution in [3.8, 4) is 0 Å². The van der Waals surface area contributed by atoms with Gasteiger partial charge in [0.1, 0.15) is 0 Å². The summed E-state index contributed by atoms with van der Waals surface area (Å²) in [6.07, 6.45) is 1.99. The van der Waals surface area contributed by atoms with Gasteiger partial charge in [0.15, 0.2) is 0 Å². The average molecular weight is 207 g/mol. The summed E-state index contributed by atoms with van der Waals surface area (Å²) in [5, 5.41) is 8.57. The molecule has 1 fully saturated rings. The molecule has 5 nitrogen and oxygen atoms in total. The van der Waals surface area contributed by atoms with E-state index in [4.69, 9.17) is 5.11 Å². The largest absolute Gasteiger partial charge is 0.481 e. The van der Waals surface area contributed by atoms with Crippen LogP contribution in [0.2, 0.25) is 0 Å². The quantitative estimate of drug-likeness (QED) is 0.692. The van der Waals surface area contributed by atoms with Gasteiger partial charge in [0, 0.05) is 13.1 Å². The minimum absolute atomic E-state index is 0.129. The molecule has 1 rings (SSSR count). The van der Waals surface area contributed by atoms with Crippen molar-refractivity contribution in [3.05, 3.63) is 0 Å². The van der Waals surface area contributed by atoms with Gasteiger partial charge in [-0.05, 0) is 12.8 Å². The lowest BCUT2D eigenvalue weighted by molar-refractivity contribution is -0.146. The topological polar surface area (TPSA) is 74.7 Å². The molecular weight excluding hydrogens is 194 g/mol. The van der Waals surface area contributed by atoms with E-state index in [-0.39, 0.29) is 12.0 Å². The van der Waals surface area contributed by atoms with E-state index in [9.17, 15) is 13.2 Å². The van der Waals surface area contributed by atoms with Gasteiger partial charge in [-0.2, -0.15) is 0 Å². The summed E-state index contributed by atoms with van der Waals surface area (Å²) in [4.78, 5) is 10.4. The molecular formula is C7H13NO4S. The fourth-order valence-corrected chi connectivity index (χ4v) is 2.07. The summed E-state index contributed by atoms with van der Waals surface area (Å²) >= 11 is 0. The van der Waals surface area contributed by atoms with E-state index in [2.05, 4.69) is 0 Å². The molecule has 0 atom stereocenters. The van der Waals surface area contributed by atoms with Crippen molar-refractivity contribution in [1.82, 2.24) is 4.31 Å². The van der Waals surface area contributed by atoms with Crippen LogP contribution in [0.3, 0.4) is 0 Å². The van der Waals surface area contributed by atoms with Gasteiger partial charge in [-0.1, -0.05) is 0 Å². The first kappa shape index (κ1) is 10.5. The smallest absolute Gasteiger partial charge is 0.306 e. The van der Waals surface area contributed by atoms with E-state index >= 15 is 0 Å². The monoisotopic (exact) mass is 207 g/mol. The molecule has 0 spiro atoms. The second-order valence-electron chi connectivity index (χ2n) is 3.44. The Morgan fingerprint density at radius 1 is 1.46 bits per heavy atom. The number of sulfonamides is 1. The van der Waals surface area contributed by atoms with Gasteiger partial charge in [-0.3, -0.25) is 4.79 Å². The number of carboxylic acid groups (broad SMARTS) is 1. The first-order valence-electron chi connectivity index (χ1n) is 3.98.